The number of cyclic esters (lactones) is 1. The average molecular weight is 1000 g/mol. The van der Waals surface area contributed by atoms with E-state index >= 15 is 0 Å². The number of benzene rings is 2. The molecule has 6 N–H and O–H groups in total. The van der Waals surface area contributed by atoms with Gasteiger partial charge in [0.1, 0.15) is 25.9 Å². The third kappa shape index (κ3) is 25.1. The summed E-state index contributed by atoms with van der Waals surface area (Å²) in [5, 5.41) is 45.1. The number of aromatic nitrogens is 6. The first-order chi connectivity index (χ1) is 30.5. The second-order valence-electron chi connectivity index (χ2n) is 12.5. The van der Waals surface area contributed by atoms with Gasteiger partial charge < -0.3 is 57.2 Å². The summed E-state index contributed by atoms with van der Waals surface area (Å²) >= 11 is 0. The Balaban J connectivity index is 0.000000433. The van der Waals surface area contributed by atoms with Crippen LogP contribution < -0.4 is 10.6 Å². The second-order valence-corrected chi connectivity index (χ2v) is 12.5. The molecule has 0 aliphatic carbocycles. The predicted octanol–water partition coefficient (Wildman–Crippen LogP) is 3.02. The van der Waals surface area contributed by atoms with Gasteiger partial charge in [-0.1, -0.05) is 60.7 Å². The first-order valence-electron chi connectivity index (χ1n) is 19.0. The van der Waals surface area contributed by atoms with Crippen molar-refractivity contribution in [2.45, 2.75) is 63.6 Å². The molecule has 0 saturated carbocycles. The van der Waals surface area contributed by atoms with Gasteiger partial charge in [0.25, 0.3) is 0 Å². The number of aromatic amines is 1. The molecular weight excluding hydrogens is 949 g/mol. The van der Waals surface area contributed by atoms with Crippen LogP contribution in [0.4, 0.5) is 9.59 Å². The molecule has 1 unspecified atom stereocenters. The van der Waals surface area contributed by atoms with Crippen LogP contribution in [-0.4, -0.2) is 126 Å². The van der Waals surface area contributed by atoms with Crippen molar-refractivity contribution in [2.24, 2.45) is 4.99 Å². The number of hydrogen-bond donors (Lipinski definition) is 6. The van der Waals surface area contributed by atoms with Gasteiger partial charge in [0.2, 0.25) is 6.40 Å². The van der Waals surface area contributed by atoms with E-state index in [0.29, 0.717) is 0 Å². The fourth-order valence-electron chi connectivity index (χ4n) is 4.62. The first kappa shape index (κ1) is 56.0. The van der Waals surface area contributed by atoms with Crippen LogP contribution in [0.25, 0.3) is 0 Å². The number of carboxylic acid groups (broad SMARTS) is 2. The molecule has 0 bridgehead atoms. The van der Waals surface area contributed by atoms with Gasteiger partial charge in [-0.05, 0) is 35.7 Å². The Morgan fingerprint density at radius 3 is 1.86 bits per heavy atom. The van der Waals surface area contributed by atoms with Gasteiger partial charge in [0.15, 0.2) is 18.4 Å². The van der Waals surface area contributed by atoms with Crippen LogP contribution in [-0.2, 0) is 89.8 Å². The fraction of sp³-hybridized carbons (Fsp3) is 0.317. The van der Waals surface area contributed by atoms with Crippen molar-refractivity contribution in [3.63, 3.8) is 0 Å². The predicted molar refractivity (Wildman–Crippen MR) is 224 cm³/mol. The molecule has 65 heavy (non-hydrogen) atoms. The summed E-state index contributed by atoms with van der Waals surface area (Å²) in [5.74, 6) is -2.62. The van der Waals surface area contributed by atoms with Crippen LogP contribution in [0.3, 0.4) is 0 Å². The minimum absolute atomic E-state index is 0. The Labute approximate surface area is 387 Å². The first-order valence-corrected chi connectivity index (χ1v) is 19.0. The molecule has 2 aliphatic heterocycles. The third-order valence-corrected chi connectivity index (χ3v) is 7.81. The van der Waals surface area contributed by atoms with E-state index in [2.05, 4.69) is 50.5 Å². The molecule has 2 amide bonds. The standard InChI is InChI=1S/C14H15N3O4.C11H11NO4.C8H11N3O4.C4H8O2.C3H4N2.CH3.Pd/c18-13(19)12(9-17-8-4-7-15-17)16-14(20)21-10-11-5-2-1-3-6-11;13-10-9(7-15-10)12-11(14)16-6-8-4-2-1-3-5-8;1-14-15-6-9-7(8(12)13)5-11-4-2-3-10-11;5-4-2-1-3-6-4;1-2-4-5-3-1;;/h1-8,12H,9-10H2,(H,16,20)(H,18,19);1-5,9H,6-7H2,(H,12,14);2-4,6-7H,5H2,1H3,(H,12,13);4-5H,1-3H2;1-3H,(H,4,5);1H3;/q;;;;;-1;/t12-;9-;7-;;;;/m000..../s1. The molecule has 24 heteroatoms. The van der Waals surface area contributed by atoms with E-state index in [9.17, 15) is 24.0 Å². The second kappa shape index (κ2) is 33.6. The summed E-state index contributed by atoms with van der Waals surface area (Å²) in [5.41, 5.74) is 1.72. The van der Waals surface area contributed by atoms with E-state index in [1.165, 1.54) is 22.7 Å². The number of carbonyl (C=O) groups excluding carboxylic acids is 3. The number of H-pyrrole nitrogens is 1. The van der Waals surface area contributed by atoms with Crippen molar-refractivity contribution in [1.82, 2.24) is 40.4 Å². The zero-order chi connectivity index (χ0) is 45.5. The summed E-state index contributed by atoms with van der Waals surface area (Å²) in [6, 6.07) is 21.1. The summed E-state index contributed by atoms with van der Waals surface area (Å²) < 4.78 is 22.0. The SMILES string of the molecule is COOC=N[C@@H](Cn1cccn1)C(=O)O.O=C(N[C@@H](Cn1cccn1)C(=O)O)OCc1ccccc1.O=C(N[C@H]1COC1=O)OCc1ccccc1.OC1CCCO1.[CH3-].[Pd].c1cn[nH]c1. The zero-order valence-corrected chi connectivity index (χ0v) is 36.9. The van der Waals surface area contributed by atoms with Crippen molar-refractivity contribution in [3.8, 4) is 0 Å². The quantitative estimate of drug-likeness (QED) is 0.0128. The molecule has 4 atom stereocenters. The molecular formula is C41H52N9O14Pd-. The van der Waals surface area contributed by atoms with Gasteiger partial charge in [-0.15, -0.1) is 0 Å². The van der Waals surface area contributed by atoms with Crippen molar-refractivity contribution in [2.75, 3.05) is 20.3 Å². The molecule has 356 valence electrons. The maximum Gasteiger partial charge on any atom is 0.408 e. The number of hydrogen-bond acceptors (Lipinski definition) is 16. The number of amides is 2. The zero-order valence-electron chi connectivity index (χ0n) is 35.3. The van der Waals surface area contributed by atoms with E-state index in [1.54, 1.807) is 43.1 Å². The Morgan fingerprint density at radius 2 is 1.48 bits per heavy atom. The maximum atomic E-state index is 11.6. The third-order valence-electron chi connectivity index (χ3n) is 7.81. The number of esters is 1. The molecule has 0 spiro atoms. The van der Waals surface area contributed by atoms with E-state index in [1.807, 2.05) is 66.7 Å². The normalized spacial score (nSPS) is 15.0. The van der Waals surface area contributed by atoms with Crippen molar-refractivity contribution >= 4 is 36.5 Å². The summed E-state index contributed by atoms with van der Waals surface area (Å²) in [6.07, 6.45) is 10.8. The molecule has 3 aromatic heterocycles. The van der Waals surface area contributed by atoms with Gasteiger partial charge in [-0.3, -0.25) is 14.5 Å². The van der Waals surface area contributed by atoms with Gasteiger partial charge >= 0.3 is 30.1 Å². The number of aliphatic hydroxyl groups excluding tert-OH is 1. The number of carboxylic acids is 2. The van der Waals surface area contributed by atoms with Gasteiger partial charge in [0.05, 0.1) is 20.2 Å². The molecule has 23 nitrogen and oxygen atoms in total. The topological polar surface area (TPSA) is 302 Å². The van der Waals surface area contributed by atoms with Crippen LogP contribution in [0.15, 0.2) is 121 Å². The van der Waals surface area contributed by atoms with Crippen LogP contribution in [0.2, 0.25) is 0 Å². The number of nitrogens with zero attached hydrogens (tertiary/aromatic N) is 6. The maximum absolute atomic E-state index is 11.6. The van der Waals surface area contributed by atoms with E-state index in [0.717, 1.165) is 37.0 Å². The molecule has 7 rings (SSSR count). The van der Waals surface area contributed by atoms with E-state index < -0.39 is 54.5 Å². The summed E-state index contributed by atoms with van der Waals surface area (Å²) in [7, 11) is 1.30. The number of alkyl carbamates (subject to hydrolysis) is 2. The number of carbonyl (C=O) groups is 5. The van der Waals surface area contributed by atoms with Gasteiger partial charge in [-0.2, -0.15) is 20.2 Å². The summed E-state index contributed by atoms with van der Waals surface area (Å²) in [4.78, 5) is 67.7. The van der Waals surface area contributed by atoms with Crippen LogP contribution in [0.1, 0.15) is 24.0 Å². The number of aliphatic hydroxyl groups is 1. The molecule has 2 fully saturated rings. The van der Waals surface area contributed by atoms with Crippen molar-refractivity contribution in [1.29, 1.82) is 0 Å². The molecule has 2 aliphatic rings. The average Bonchev–Trinajstić information content (AvgIpc) is 4.16. The van der Waals surface area contributed by atoms with Crippen molar-refractivity contribution in [3.05, 3.63) is 135 Å². The minimum atomic E-state index is -1.15. The number of aliphatic imine (C=N–C) groups is 1. The smallest absolute Gasteiger partial charge is 0.408 e. The van der Waals surface area contributed by atoms with E-state index in [-0.39, 0.29) is 60.8 Å². The monoisotopic (exact) mass is 1000 g/mol. The Bertz CT molecular complexity index is 2010. The number of rotatable bonds is 15. The van der Waals surface area contributed by atoms with Gasteiger partial charge in [0, 0.05) is 70.6 Å². The van der Waals surface area contributed by atoms with Gasteiger partial charge in [-0.25, -0.2) is 29.0 Å². The largest absolute Gasteiger partial charge is 0.480 e. The minimum Gasteiger partial charge on any atom is -0.480 e. The molecule has 2 aromatic carbocycles. The number of ether oxygens (including phenoxy) is 4. The van der Waals surface area contributed by atoms with Crippen LogP contribution >= 0.6 is 0 Å². The Hall–Kier alpha value is -6.97. The number of aliphatic carboxylic acids is 2. The van der Waals surface area contributed by atoms with Crippen LogP contribution in [0.5, 0.6) is 0 Å². The van der Waals surface area contributed by atoms with Crippen LogP contribution in [0, 0.1) is 7.43 Å². The fourth-order valence-corrected chi connectivity index (χ4v) is 4.62. The summed E-state index contributed by atoms with van der Waals surface area (Å²) in [6.45, 7) is 1.41. The molecule has 5 aromatic rings. The Kier molecular flexibility index (Phi) is 28.9. The molecule has 0 radical (unpaired) electrons. The number of nitrogens with one attached hydrogen (secondary N) is 3. The molecule has 5 heterocycles. The van der Waals surface area contributed by atoms with E-state index in [4.69, 9.17) is 29.5 Å². The Morgan fingerprint density at radius 1 is 0.877 bits per heavy atom. The van der Waals surface area contributed by atoms with Crippen molar-refractivity contribution < 1.29 is 88.4 Å². The molecule has 2 saturated heterocycles.